The summed E-state index contributed by atoms with van der Waals surface area (Å²) in [6.07, 6.45) is 0. The largest absolute Gasteiger partial charge is 0.383 e. The van der Waals surface area contributed by atoms with Gasteiger partial charge in [0, 0.05) is 43.2 Å². The third-order valence-corrected chi connectivity index (χ3v) is 2.82. The number of hydrogen-bond acceptors (Lipinski definition) is 2. The average Bonchev–Trinajstić information content (AvgIpc) is 2.31. The Labute approximate surface area is 111 Å². The van der Waals surface area contributed by atoms with Gasteiger partial charge in [-0.25, -0.2) is 4.39 Å². The lowest BCUT2D eigenvalue weighted by Crippen LogP contribution is -2.29. The van der Waals surface area contributed by atoms with Crippen molar-refractivity contribution >= 4 is 23.2 Å². The molecule has 17 heavy (non-hydrogen) atoms. The lowest BCUT2D eigenvalue weighted by molar-refractivity contribution is 0.147. The van der Waals surface area contributed by atoms with Crippen LogP contribution < -0.4 is 0 Å². The van der Waals surface area contributed by atoms with Crippen molar-refractivity contribution in [3.05, 3.63) is 34.6 Å². The summed E-state index contributed by atoms with van der Waals surface area (Å²) in [7, 11) is 1.64. The molecule has 0 atom stereocenters. The molecule has 5 heteroatoms. The van der Waals surface area contributed by atoms with E-state index in [9.17, 15) is 4.39 Å². The minimum Gasteiger partial charge on any atom is -0.383 e. The highest BCUT2D eigenvalue weighted by atomic mass is 35.5. The minimum atomic E-state index is -0.244. The number of ether oxygens (including phenoxy) is 1. The predicted molar refractivity (Wildman–Crippen MR) is 69.3 cm³/mol. The Hall–Kier alpha value is -0.350. The molecule has 1 aromatic carbocycles. The molecular formula is C12H16Cl2FNO. The van der Waals surface area contributed by atoms with Crippen LogP contribution in [0.1, 0.15) is 5.56 Å². The van der Waals surface area contributed by atoms with Gasteiger partial charge in [-0.1, -0.05) is 11.6 Å². The van der Waals surface area contributed by atoms with E-state index in [4.69, 9.17) is 27.9 Å². The second-order valence-corrected chi connectivity index (χ2v) is 4.51. The van der Waals surface area contributed by atoms with Crippen LogP contribution >= 0.6 is 23.2 Å². The van der Waals surface area contributed by atoms with Gasteiger partial charge in [0.05, 0.1) is 6.61 Å². The molecule has 0 bridgehead atoms. The molecule has 0 aliphatic rings. The molecule has 0 N–H and O–H groups in total. The van der Waals surface area contributed by atoms with Crippen molar-refractivity contribution in [1.82, 2.24) is 4.90 Å². The van der Waals surface area contributed by atoms with E-state index in [1.807, 2.05) is 4.90 Å². The Morgan fingerprint density at radius 3 is 2.76 bits per heavy atom. The van der Waals surface area contributed by atoms with Gasteiger partial charge in [-0.15, -0.1) is 11.6 Å². The molecule has 0 amide bonds. The molecule has 2 nitrogen and oxygen atoms in total. The summed E-state index contributed by atoms with van der Waals surface area (Å²) in [6.45, 7) is 2.49. The lowest BCUT2D eigenvalue weighted by Gasteiger charge is -2.21. The van der Waals surface area contributed by atoms with Gasteiger partial charge >= 0.3 is 0 Å². The molecule has 0 aliphatic carbocycles. The zero-order chi connectivity index (χ0) is 12.7. The molecule has 0 saturated carbocycles. The number of benzene rings is 1. The first kappa shape index (κ1) is 14.7. The van der Waals surface area contributed by atoms with Gasteiger partial charge in [-0.3, -0.25) is 4.90 Å². The van der Waals surface area contributed by atoms with E-state index in [2.05, 4.69) is 0 Å². The fourth-order valence-electron chi connectivity index (χ4n) is 1.52. The van der Waals surface area contributed by atoms with Crippen molar-refractivity contribution in [3.63, 3.8) is 0 Å². The highest BCUT2D eigenvalue weighted by molar-refractivity contribution is 6.30. The summed E-state index contributed by atoms with van der Waals surface area (Å²) in [5, 5.41) is 0.541. The van der Waals surface area contributed by atoms with Crippen molar-refractivity contribution < 1.29 is 9.13 Å². The first-order valence-corrected chi connectivity index (χ1v) is 6.29. The third-order valence-electron chi connectivity index (χ3n) is 2.41. The molecule has 0 fully saturated rings. The van der Waals surface area contributed by atoms with Gasteiger partial charge in [0.2, 0.25) is 0 Å². The Bertz CT molecular complexity index is 349. The maximum absolute atomic E-state index is 13.5. The Morgan fingerprint density at radius 1 is 1.35 bits per heavy atom. The maximum Gasteiger partial charge on any atom is 0.127 e. The quantitative estimate of drug-likeness (QED) is 0.711. The lowest BCUT2D eigenvalue weighted by atomic mass is 10.2. The van der Waals surface area contributed by atoms with E-state index >= 15 is 0 Å². The van der Waals surface area contributed by atoms with Crippen LogP contribution in [0.3, 0.4) is 0 Å². The fourth-order valence-corrected chi connectivity index (χ4v) is 1.95. The number of rotatable bonds is 7. The van der Waals surface area contributed by atoms with Crippen LogP contribution in [0.4, 0.5) is 4.39 Å². The fraction of sp³-hybridized carbons (Fsp3) is 0.500. The molecule has 1 aromatic rings. The second-order valence-electron chi connectivity index (χ2n) is 3.69. The van der Waals surface area contributed by atoms with Crippen molar-refractivity contribution in [3.8, 4) is 0 Å². The minimum absolute atomic E-state index is 0.244. The van der Waals surface area contributed by atoms with E-state index in [0.717, 1.165) is 6.54 Å². The van der Waals surface area contributed by atoms with Gasteiger partial charge in [-0.2, -0.15) is 0 Å². The Kier molecular flexibility index (Phi) is 6.82. The summed E-state index contributed by atoms with van der Waals surface area (Å²) < 4.78 is 18.5. The number of hydrogen-bond donors (Lipinski definition) is 0. The van der Waals surface area contributed by atoms with Crippen LogP contribution in [0.2, 0.25) is 5.02 Å². The molecule has 0 radical (unpaired) electrons. The van der Waals surface area contributed by atoms with E-state index in [0.29, 0.717) is 36.2 Å². The van der Waals surface area contributed by atoms with Crippen molar-refractivity contribution in [2.75, 3.05) is 32.7 Å². The van der Waals surface area contributed by atoms with Crippen LogP contribution in [-0.2, 0) is 11.3 Å². The molecule has 0 aromatic heterocycles. The van der Waals surface area contributed by atoms with Crippen LogP contribution in [0, 0.1) is 5.82 Å². The summed E-state index contributed by atoms with van der Waals surface area (Å²) >= 11 is 11.6. The van der Waals surface area contributed by atoms with E-state index in [1.165, 1.54) is 6.07 Å². The monoisotopic (exact) mass is 279 g/mol. The highest BCUT2D eigenvalue weighted by Crippen LogP contribution is 2.16. The van der Waals surface area contributed by atoms with E-state index < -0.39 is 0 Å². The molecule has 96 valence electrons. The van der Waals surface area contributed by atoms with Crippen molar-refractivity contribution in [2.45, 2.75) is 6.54 Å². The van der Waals surface area contributed by atoms with Crippen molar-refractivity contribution in [2.24, 2.45) is 0 Å². The Balaban J connectivity index is 2.67. The summed E-state index contributed by atoms with van der Waals surface area (Å²) in [6, 6.07) is 4.57. The molecule has 0 unspecified atom stereocenters. The maximum atomic E-state index is 13.5. The summed E-state index contributed by atoms with van der Waals surface area (Å²) in [4.78, 5) is 2.03. The Morgan fingerprint density at radius 2 is 2.12 bits per heavy atom. The van der Waals surface area contributed by atoms with Gasteiger partial charge in [0.25, 0.3) is 0 Å². The average molecular weight is 280 g/mol. The molecule has 0 heterocycles. The summed E-state index contributed by atoms with van der Waals surface area (Å²) in [5.74, 6) is 0.262. The molecule has 1 rings (SSSR count). The highest BCUT2D eigenvalue weighted by Gasteiger charge is 2.09. The molecule has 0 spiro atoms. The van der Waals surface area contributed by atoms with Gasteiger partial charge in [-0.05, 0) is 18.2 Å². The zero-order valence-electron chi connectivity index (χ0n) is 9.76. The van der Waals surface area contributed by atoms with Gasteiger partial charge in [0.15, 0.2) is 0 Å². The first-order valence-electron chi connectivity index (χ1n) is 5.38. The van der Waals surface area contributed by atoms with E-state index in [-0.39, 0.29) is 5.82 Å². The smallest absolute Gasteiger partial charge is 0.127 e. The van der Waals surface area contributed by atoms with Crippen LogP contribution in [0.5, 0.6) is 0 Å². The first-order chi connectivity index (χ1) is 8.17. The van der Waals surface area contributed by atoms with Gasteiger partial charge in [0.1, 0.15) is 5.82 Å². The topological polar surface area (TPSA) is 12.5 Å². The zero-order valence-corrected chi connectivity index (χ0v) is 11.3. The molecule has 0 saturated heterocycles. The molecular weight excluding hydrogens is 264 g/mol. The SMILES string of the molecule is COCCN(CCCl)Cc1cc(Cl)ccc1F. The van der Waals surface area contributed by atoms with E-state index in [1.54, 1.807) is 19.2 Å². The number of nitrogens with zero attached hydrogens (tertiary/aromatic N) is 1. The predicted octanol–water partition coefficient (Wildman–Crippen LogP) is 3.17. The standard InChI is InChI=1S/C12H16Cl2FNO/c1-17-7-6-16(5-4-13)9-10-8-11(14)2-3-12(10)15/h2-3,8H,4-7,9H2,1H3. The van der Waals surface area contributed by atoms with Crippen LogP contribution in [0.15, 0.2) is 18.2 Å². The summed E-state index contributed by atoms with van der Waals surface area (Å²) in [5.41, 5.74) is 0.582. The third kappa shape index (κ3) is 5.21. The van der Waals surface area contributed by atoms with Crippen LogP contribution in [0.25, 0.3) is 0 Å². The van der Waals surface area contributed by atoms with Gasteiger partial charge < -0.3 is 4.74 Å². The number of methoxy groups -OCH3 is 1. The number of alkyl halides is 1. The second kappa shape index (κ2) is 7.88. The van der Waals surface area contributed by atoms with Crippen LogP contribution in [-0.4, -0.2) is 37.6 Å². The molecule has 0 aliphatic heterocycles. The number of halogens is 3. The normalized spacial score (nSPS) is 11.1. The van der Waals surface area contributed by atoms with Crippen molar-refractivity contribution in [1.29, 1.82) is 0 Å².